The number of benzene rings is 1. The molecule has 0 saturated carbocycles. The zero-order valence-electron chi connectivity index (χ0n) is 16.8. The van der Waals surface area contributed by atoms with E-state index >= 15 is 0 Å². The molecule has 1 fully saturated rings. The number of hydrogen-bond acceptors (Lipinski definition) is 4. The molecule has 1 N–H and O–H groups in total. The van der Waals surface area contributed by atoms with Crippen LogP contribution in [-0.2, 0) is 11.3 Å². The fourth-order valence-electron chi connectivity index (χ4n) is 3.77. The monoisotopic (exact) mass is 370 g/mol. The first-order valence-corrected chi connectivity index (χ1v) is 9.87. The molecule has 2 aromatic rings. The van der Waals surface area contributed by atoms with Crippen molar-refractivity contribution >= 4 is 16.9 Å². The summed E-state index contributed by atoms with van der Waals surface area (Å²) in [5, 5.41) is 4.08. The summed E-state index contributed by atoms with van der Waals surface area (Å²) < 4.78 is 5.41. The molecule has 1 unspecified atom stereocenters. The number of nitrogens with one attached hydrogen (secondary N) is 1. The lowest BCUT2D eigenvalue weighted by molar-refractivity contribution is -0.124. The molecule has 1 aromatic carbocycles. The molecule has 0 radical (unpaired) electrons. The van der Waals surface area contributed by atoms with Crippen molar-refractivity contribution in [3.05, 3.63) is 45.3 Å². The van der Waals surface area contributed by atoms with E-state index in [1.807, 2.05) is 26.8 Å². The zero-order valence-corrected chi connectivity index (χ0v) is 16.8. The highest BCUT2D eigenvalue weighted by molar-refractivity contribution is 5.81. The van der Waals surface area contributed by atoms with Gasteiger partial charge in [-0.3, -0.25) is 9.69 Å². The first kappa shape index (κ1) is 19.6. The molecular weight excluding hydrogens is 340 g/mol. The van der Waals surface area contributed by atoms with E-state index in [1.54, 1.807) is 6.07 Å². The second-order valence-electron chi connectivity index (χ2n) is 8.17. The summed E-state index contributed by atoms with van der Waals surface area (Å²) in [6.07, 6.45) is 2.24. The molecule has 5 nitrogen and oxygen atoms in total. The van der Waals surface area contributed by atoms with Crippen molar-refractivity contribution in [3.8, 4) is 0 Å². The van der Waals surface area contributed by atoms with Gasteiger partial charge in [-0.05, 0) is 68.0 Å². The van der Waals surface area contributed by atoms with Gasteiger partial charge in [0.1, 0.15) is 5.58 Å². The molecule has 1 aromatic heterocycles. The third-order valence-electron chi connectivity index (χ3n) is 5.53. The van der Waals surface area contributed by atoms with Gasteiger partial charge in [0.25, 0.3) is 0 Å². The van der Waals surface area contributed by atoms with Gasteiger partial charge in [0.15, 0.2) is 0 Å². The number of amides is 1. The Balaban J connectivity index is 1.74. The van der Waals surface area contributed by atoms with Crippen molar-refractivity contribution in [2.45, 2.75) is 47.1 Å². The van der Waals surface area contributed by atoms with Crippen LogP contribution in [0.25, 0.3) is 11.0 Å². The van der Waals surface area contributed by atoms with Crippen LogP contribution in [0.3, 0.4) is 0 Å². The number of nitrogens with zero attached hydrogens (tertiary/aromatic N) is 1. The van der Waals surface area contributed by atoms with Crippen LogP contribution < -0.4 is 10.9 Å². The van der Waals surface area contributed by atoms with E-state index in [9.17, 15) is 9.59 Å². The summed E-state index contributed by atoms with van der Waals surface area (Å²) in [4.78, 5) is 26.2. The van der Waals surface area contributed by atoms with Crippen LogP contribution in [0.2, 0.25) is 0 Å². The molecule has 1 amide bonds. The number of aryl methyl sites for hydroxylation is 2. The van der Waals surface area contributed by atoms with Crippen molar-refractivity contribution in [2.24, 2.45) is 11.8 Å². The number of carbonyl (C=O) groups is 1. The molecule has 0 aliphatic carbocycles. The lowest BCUT2D eigenvalue weighted by atomic mass is 9.96. The first-order valence-electron chi connectivity index (χ1n) is 9.87. The molecule has 146 valence electrons. The van der Waals surface area contributed by atoms with E-state index in [4.69, 9.17) is 4.42 Å². The van der Waals surface area contributed by atoms with Crippen molar-refractivity contribution in [1.29, 1.82) is 0 Å². The molecule has 1 atom stereocenters. The summed E-state index contributed by atoms with van der Waals surface area (Å²) in [5.74, 6) is 0.591. The summed E-state index contributed by atoms with van der Waals surface area (Å²) in [6.45, 7) is 11.4. The first-order chi connectivity index (χ1) is 12.8. The minimum absolute atomic E-state index is 0.0197. The minimum atomic E-state index is -0.293. The lowest BCUT2D eigenvalue weighted by Crippen LogP contribution is -2.41. The smallest absolute Gasteiger partial charge is 0.336 e. The fourth-order valence-corrected chi connectivity index (χ4v) is 3.77. The fraction of sp³-hybridized carbons (Fsp3) is 0.545. The Morgan fingerprint density at radius 2 is 2.00 bits per heavy atom. The van der Waals surface area contributed by atoms with Gasteiger partial charge in [0.2, 0.25) is 5.91 Å². The Hall–Kier alpha value is -2.14. The highest BCUT2D eigenvalue weighted by Gasteiger charge is 2.22. The van der Waals surface area contributed by atoms with Gasteiger partial charge < -0.3 is 9.73 Å². The van der Waals surface area contributed by atoms with Crippen LogP contribution in [0.1, 0.15) is 43.4 Å². The van der Waals surface area contributed by atoms with E-state index < -0.39 is 0 Å². The molecule has 0 spiro atoms. The standard InChI is InChI=1S/C22H30N2O3/c1-14(2)22(26)23-11-17-6-5-7-24(12-17)13-18-10-21(25)27-20-9-16(4)15(3)8-19(18)20/h8-10,14,17H,5-7,11-13H2,1-4H3,(H,23,26). The van der Waals surface area contributed by atoms with Gasteiger partial charge in [-0.1, -0.05) is 13.8 Å². The predicted octanol–water partition coefficient (Wildman–Crippen LogP) is 3.39. The molecule has 27 heavy (non-hydrogen) atoms. The Morgan fingerprint density at radius 3 is 2.74 bits per heavy atom. The Morgan fingerprint density at radius 1 is 1.26 bits per heavy atom. The number of likely N-dealkylation sites (tertiary alicyclic amines) is 1. The maximum Gasteiger partial charge on any atom is 0.336 e. The summed E-state index contributed by atoms with van der Waals surface area (Å²) in [5.41, 5.74) is 3.72. The van der Waals surface area contributed by atoms with Gasteiger partial charge >= 0.3 is 5.63 Å². The van der Waals surface area contributed by atoms with E-state index in [0.717, 1.165) is 55.5 Å². The molecule has 1 aliphatic rings. The van der Waals surface area contributed by atoms with Crippen LogP contribution in [0.15, 0.2) is 27.4 Å². The van der Waals surface area contributed by atoms with E-state index in [0.29, 0.717) is 11.5 Å². The van der Waals surface area contributed by atoms with Crippen LogP contribution in [0, 0.1) is 25.7 Å². The Labute approximate surface area is 160 Å². The maximum absolute atomic E-state index is 12.0. The topological polar surface area (TPSA) is 62.6 Å². The third-order valence-corrected chi connectivity index (χ3v) is 5.53. The molecule has 3 rings (SSSR count). The highest BCUT2D eigenvalue weighted by Crippen LogP contribution is 2.24. The zero-order chi connectivity index (χ0) is 19.6. The molecular formula is C22H30N2O3. The van der Waals surface area contributed by atoms with Gasteiger partial charge in [-0.25, -0.2) is 4.79 Å². The van der Waals surface area contributed by atoms with Gasteiger partial charge in [-0.15, -0.1) is 0 Å². The van der Waals surface area contributed by atoms with E-state index in [2.05, 4.69) is 23.2 Å². The summed E-state index contributed by atoms with van der Waals surface area (Å²) in [6, 6.07) is 5.70. The van der Waals surface area contributed by atoms with Crippen LogP contribution in [0.5, 0.6) is 0 Å². The minimum Gasteiger partial charge on any atom is -0.423 e. The molecule has 2 heterocycles. The summed E-state index contributed by atoms with van der Waals surface area (Å²) in [7, 11) is 0. The van der Waals surface area contributed by atoms with Gasteiger partial charge in [-0.2, -0.15) is 0 Å². The van der Waals surface area contributed by atoms with Gasteiger partial charge in [0.05, 0.1) is 0 Å². The largest absolute Gasteiger partial charge is 0.423 e. The number of piperidine rings is 1. The van der Waals surface area contributed by atoms with Crippen molar-refractivity contribution in [3.63, 3.8) is 0 Å². The quantitative estimate of drug-likeness (QED) is 0.820. The van der Waals surface area contributed by atoms with Gasteiger partial charge in [0, 0.05) is 37.0 Å². The normalized spacial score (nSPS) is 18.2. The Bertz CT molecular complexity index is 885. The second kappa shape index (κ2) is 8.26. The van der Waals surface area contributed by atoms with Crippen molar-refractivity contribution in [2.75, 3.05) is 19.6 Å². The van der Waals surface area contributed by atoms with Crippen molar-refractivity contribution in [1.82, 2.24) is 10.2 Å². The van der Waals surface area contributed by atoms with Crippen LogP contribution in [0.4, 0.5) is 0 Å². The highest BCUT2D eigenvalue weighted by atomic mass is 16.4. The Kier molecular flexibility index (Phi) is 6.00. The predicted molar refractivity (Wildman–Crippen MR) is 108 cm³/mol. The number of carbonyl (C=O) groups excluding carboxylic acids is 1. The molecule has 0 bridgehead atoms. The maximum atomic E-state index is 12.0. The van der Waals surface area contributed by atoms with Crippen molar-refractivity contribution < 1.29 is 9.21 Å². The second-order valence-corrected chi connectivity index (χ2v) is 8.17. The average Bonchev–Trinajstić information content (AvgIpc) is 2.61. The number of rotatable bonds is 5. The third kappa shape index (κ3) is 4.78. The molecule has 1 aliphatic heterocycles. The van der Waals surface area contributed by atoms with E-state index in [1.165, 1.54) is 5.56 Å². The number of hydrogen-bond donors (Lipinski definition) is 1. The average molecular weight is 370 g/mol. The summed E-state index contributed by atoms with van der Waals surface area (Å²) >= 11 is 0. The molecule has 1 saturated heterocycles. The number of fused-ring (bicyclic) bond motifs is 1. The molecule has 5 heteroatoms. The lowest BCUT2D eigenvalue weighted by Gasteiger charge is -2.33. The SMILES string of the molecule is Cc1cc2oc(=O)cc(CN3CCCC(CNC(=O)C(C)C)C3)c2cc1C. The van der Waals surface area contributed by atoms with E-state index in [-0.39, 0.29) is 17.5 Å². The van der Waals surface area contributed by atoms with Crippen LogP contribution >= 0.6 is 0 Å². The van der Waals surface area contributed by atoms with Crippen LogP contribution in [-0.4, -0.2) is 30.4 Å².